The number of carboxylic acid groups (broad SMARTS) is 1. The highest BCUT2D eigenvalue weighted by atomic mass is 16.5. The molecule has 1 unspecified atom stereocenters. The molecule has 0 saturated heterocycles. The molecule has 0 bridgehead atoms. The van der Waals surface area contributed by atoms with Gasteiger partial charge >= 0.3 is 12.1 Å². The number of rotatable bonds is 6. The highest BCUT2D eigenvalue weighted by molar-refractivity contribution is 5.80. The number of carbonyl (C=O) groups excluding carboxylic acids is 1. The van der Waals surface area contributed by atoms with E-state index in [-0.39, 0.29) is 6.42 Å². The van der Waals surface area contributed by atoms with E-state index in [9.17, 15) is 9.59 Å². The van der Waals surface area contributed by atoms with Crippen molar-refractivity contribution in [2.45, 2.75) is 26.3 Å². The maximum absolute atomic E-state index is 11.7. The number of pyridine rings is 1. The molecule has 1 amide bonds. The van der Waals surface area contributed by atoms with Crippen LogP contribution in [0, 0.1) is 13.8 Å². The van der Waals surface area contributed by atoms with E-state index in [1.807, 2.05) is 13.8 Å². The Hall–Kier alpha value is -3.09. The van der Waals surface area contributed by atoms with Crippen LogP contribution in [0.4, 0.5) is 4.79 Å². The van der Waals surface area contributed by atoms with Crippen LogP contribution in [-0.2, 0) is 16.0 Å². The molecule has 0 aliphatic rings. The Labute approximate surface area is 145 Å². The van der Waals surface area contributed by atoms with E-state index in [0.717, 1.165) is 22.6 Å². The van der Waals surface area contributed by atoms with E-state index < -0.39 is 18.1 Å². The minimum absolute atomic E-state index is 0.187. The lowest BCUT2D eigenvalue weighted by molar-refractivity contribution is -0.142. The van der Waals surface area contributed by atoms with Gasteiger partial charge in [0.05, 0.1) is 7.11 Å². The summed E-state index contributed by atoms with van der Waals surface area (Å²) < 4.78 is 10.5. The molecule has 0 aliphatic carbocycles. The van der Waals surface area contributed by atoms with E-state index in [1.54, 1.807) is 36.5 Å². The average molecular weight is 344 g/mol. The van der Waals surface area contributed by atoms with Gasteiger partial charge in [0, 0.05) is 23.9 Å². The number of methoxy groups -OCH3 is 1. The van der Waals surface area contributed by atoms with Crippen LogP contribution in [-0.4, -0.2) is 35.3 Å². The molecule has 1 heterocycles. The lowest BCUT2D eigenvalue weighted by Crippen LogP contribution is -2.42. The molecule has 0 fully saturated rings. The quantitative estimate of drug-likeness (QED) is 0.782. The molecule has 2 N–H and O–H groups in total. The number of hydrogen-bond acceptors (Lipinski definition) is 5. The number of hydrogen-bond donors (Lipinski definition) is 2. The number of aromatic nitrogens is 1. The average Bonchev–Trinajstić information content (AvgIpc) is 2.59. The molecule has 0 radical (unpaired) electrons. The fraction of sp³-hybridized carbons (Fsp3) is 0.278. The molecular formula is C18H20N2O5. The molecule has 132 valence electrons. The molecule has 2 aromatic rings. The van der Waals surface area contributed by atoms with E-state index in [0.29, 0.717) is 5.75 Å². The third-order valence-corrected chi connectivity index (χ3v) is 3.78. The Balaban J connectivity index is 2.09. The zero-order valence-corrected chi connectivity index (χ0v) is 14.3. The van der Waals surface area contributed by atoms with Crippen LogP contribution in [0.5, 0.6) is 11.5 Å². The summed E-state index contributed by atoms with van der Waals surface area (Å²) in [4.78, 5) is 26.6. The molecule has 1 aromatic carbocycles. The van der Waals surface area contributed by atoms with Gasteiger partial charge in [0.1, 0.15) is 17.5 Å². The van der Waals surface area contributed by atoms with E-state index in [2.05, 4.69) is 15.0 Å². The highest BCUT2D eigenvalue weighted by Crippen LogP contribution is 2.26. The van der Waals surface area contributed by atoms with Crippen molar-refractivity contribution in [3.63, 3.8) is 0 Å². The second-order valence-electron chi connectivity index (χ2n) is 5.49. The number of esters is 1. The van der Waals surface area contributed by atoms with Gasteiger partial charge in [-0.3, -0.25) is 4.98 Å². The van der Waals surface area contributed by atoms with Gasteiger partial charge in [-0.1, -0.05) is 12.1 Å². The minimum atomic E-state index is -1.28. The van der Waals surface area contributed by atoms with Crippen LogP contribution in [0.15, 0.2) is 36.5 Å². The number of amides is 1. The SMILES string of the molecule is COC(=O)C(Cc1ccc(Oc2ccnc(C)c2C)cc1)NC(=O)O. The van der Waals surface area contributed by atoms with Gasteiger partial charge in [-0.05, 0) is 37.6 Å². The molecule has 25 heavy (non-hydrogen) atoms. The number of benzene rings is 1. The Bertz CT molecular complexity index is 759. The van der Waals surface area contributed by atoms with Crippen LogP contribution in [0.2, 0.25) is 0 Å². The van der Waals surface area contributed by atoms with Crippen molar-refractivity contribution in [2.75, 3.05) is 7.11 Å². The number of aryl methyl sites for hydroxylation is 1. The van der Waals surface area contributed by atoms with Crippen LogP contribution < -0.4 is 10.1 Å². The zero-order chi connectivity index (χ0) is 18.4. The second-order valence-corrected chi connectivity index (χ2v) is 5.49. The van der Waals surface area contributed by atoms with E-state index in [4.69, 9.17) is 9.84 Å². The third kappa shape index (κ3) is 4.94. The number of nitrogens with one attached hydrogen (secondary N) is 1. The summed E-state index contributed by atoms with van der Waals surface area (Å²) >= 11 is 0. The predicted molar refractivity (Wildman–Crippen MR) is 90.9 cm³/mol. The molecule has 7 nitrogen and oxygen atoms in total. The minimum Gasteiger partial charge on any atom is -0.467 e. The third-order valence-electron chi connectivity index (χ3n) is 3.78. The van der Waals surface area contributed by atoms with Crippen LogP contribution in [0.3, 0.4) is 0 Å². The van der Waals surface area contributed by atoms with Crippen molar-refractivity contribution in [3.8, 4) is 11.5 Å². The lowest BCUT2D eigenvalue weighted by Gasteiger charge is -2.15. The molecule has 1 aromatic heterocycles. The van der Waals surface area contributed by atoms with Crippen LogP contribution in [0.1, 0.15) is 16.8 Å². The van der Waals surface area contributed by atoms with Gasteiger partial charge in [0.25, 0.3) is 0 Å². The maximum atomic E-state index is 11.7. The molecule has 0 saturated carbocycles. The van der Waals surface area contributed by atoms with Crippen LogP contribution in [0.25, 0.3) is 0 Å². The van der Waals surface area contributed by atoms with Crippen molar-refractivity contribution >= 4 is 12.1 Å². The first-order valence-electron chi connectivity index (χ1n) is 7.67. The summed E-state index contributed by atoms with van der Waals surface area (Å²) in [6.45, 7) is 3.85. The summed E-state index contributed by atoms with van der Waals surface area (Å²) in [5.74, 6) is 0.726. The Morgan fingerprint density at radius 1 is 1.20 bits per heavy atom. The molecule has 0 aliphatic heterocycles. The molecule has 1 atom stereocenters. The lowest BCUT2D eigenvalue weighted by atomic mass is 10.1. The van der Waals surface area contributed by atoms with Crippen molar-refractivity contribution in [1.29, 1.82) is 0 Å². The number of carbonyl (C=O) groups is 2. The Morgan fingerprint density at radius 2 is 1.88 bits per heavy atom. The summed E-state index contributed by atoms with van der Waals surface area (Å²) in [5, 5.41) is 11.0. The topological polar surface area (TPSA) is 97.8 Å². The summed E-state index contributed by atoms with van der Waals surface area (Å²) in [6, 6.07) is 7.91. The molecule has 7 heteroatoms. The molecule has 2 rings (SSSR count). The van der Waals surface area contributed by atoms with E-state index in [1.165, 1.54) is 7.11 Å². The van der Waals surface area contributed by atoms with Crippen molar-refractivity contribution < 1.29 is 24.2 Å². The van der Waals surface area contributed by atoms with Crippen molar-refractivity contribution in [1.82, 2.24) is 10.3 Å². The fourth-order valence-corrected chi connectivity index (χ4v) is 2.27. The molecule has 0 spiro atoms. The number of nitrogens with zero attached hydrogens (tertiary/aromatic N) is 1. The first-order valence-corrected chi connectivity index (χ1v) is 7.67. The van der Waals surface area contributed by atoms with Gasteiger partial charge in [-0.15, -0.1) is 0 Å². The summed E-state index contributed by atoms with van der Waals surface area (Å²) in [6.07, 6.45) is 0.593. The van der Waals surface area contributed by atoms with Gasteiger partial charge in [-0.2, -0.15) is 0 Å². The summed E-state index contributed by atoms with van der Waals surface area (Å²) in [5.41, 5.74) is 2.64. The fourth-order valence-electron chi connectivity index (χ4n) is 2.27. The largest absolute Gasteiger partial charge is 0.467 e. The van der Waals surface area contributed by atoms with E-state index >= 15 is 0 Å². The first kappa shape index (κ1) is 18.3. The standard InChI is InChI=1S/C18H20N2O5/c1-11-12(2)19-9-8-16(11)25-14-6-4-13(5-7-14)10-15(17(21)24-3)20-18(22)23/h4-9,15,20H,10H2,1-3H3,(H,22,23). The van der Waals surface area contributed by atoms with Crippen LogP contribution >= 0.6 is 0 Å². The molecular weight excluding hydrogens is 324 g/mol. The van der Waals surface area contributed by atoms with Gasteiger partial charge < -0.3 is 19.9 Å². The normalized spacial score (nSPS) is 11.5. The summed E-state index contributed by atoms with van der Waals surface area (Å²) in [7, 11) is 1.22. The van der Waals surface area contributed by atoms with Crippen molar-refractivity contribution in [3.05, 3.63) is 53.3 Å². The Kier molecular flexibility index (Phi) is 5.94. The number of ether oxygens (including phenoxy) is 2. The zero-order valence-electron chi connectivity index (χ0n) is 14.3. The highest BCUT2D eigenvalue weighted by Gasteiger charge is 2.21. The monoisotopic (exact) mass is 344 g/mol. The van der Waals surface area contributed by atoms with Crippen molar-refractivity contribution in [2.24, 2.45) is 0 Å². The van der Waals surface area contributed by atoms with Gasteiger partial charge in [-0.25, -0.2) is 9.59 Å². The van der Waals surface area contributed by atoms with Gasteiger partial charge in [0.2, 0.25) is 0 Å². The van der Waals surface area contributed by atoms with Gasteiger partial charge in [0.15, 0.2) is 0 Å². The first-order chi connectivity index (χ1) is 11.9. The maximum Gasteiger partial charge on any atom is 0.405 e. The Morgan fingerprint density at radius 3 is 2.48 bits per heavy atom. The smallest absolute Gasteiger partial charge is 0.405 e. The second kappa shape index (κ2) is 8.14. The predicted octanol–water partition coefficient (Wildman–Crippen LogP) is 2.84.